The van der Waals surface area contributed by atoms with Crippen LogP contribution in [0.15, 0.2) is 60.8 Å². The molecular weight excluding hydrogens is 302 g/mol. The topological polar surface area (TPSA) is 77.2 Å². The summed E-state index contributed by atoms with van der Waals surface area (Å²) >= 11 is 0. The Morgan fingerprint density at radius 2 is 1.96 bits per heavy atom. The van der Waals surface area contributed by atoms with E-state index in [2.05, 4.69) is 10.3 Å². The molecule has 3 N–H and O–H groups in total. The van der Waals surface area contributed by atoms with E-state index in [0.29, 0.717) is 22.8 Å². The molecule has 2 aromatic carbocycles. The van der Waals surface area contributed by atoms with E-state index < -0.39 is 0 Å². The average Bonchev–Trinajstić information content (AvgIpc) is 2.63. The molecule has 24 heavy (non-hydrogen) atoms. The smallest absolute Gasteiger partial charge is 0.153 e. The van der Waals surface area contributed by atoms with Crippen LogP contribution in [0.2, 0.25) is 0 Å². The van der Waals surface area contributed by atoms with Gasteiger partial charge in [-0.25, -0.2) is 4.98 Å². The second-order valence-corrected chi connectivity index (χ2v) is 5.19. The molecule has 1 heterocycles. The number of hydrogen-bond acceptors (Lipinski definition) is 5. The van der Waals surface area contributed by atoms with Crippen molar-refractivity contribution in [3.05, 3.63) is 66.4 Å². The lowest BCUT2D eigenvalue weighted by Crippen LogP contribution is -2.00. The van der Waals surface area contributed by atoms with E-state index >= 15 is 0 Å². The first-order valence-electron chi connectivity index (χ1n) is 7.43. The van der Waals surface area contributed by atoms with Crippen LogP contribution in [0, 0.1) is 0 Å². The number of ether oxygens (including phenoxy) is 1. The molecule has 0 unspecified atom stereocenters. The highest BCUT2D eigenvalue weighted by Gasteiger charge is 2.10. The number of nitrogens with zero attached hydrogens (tertiary/aromatic N) is 1. The molecule has 1 aromatic heterocycles. The molecule has 0 aliphatic rings. The maximum Gasteiger partial charge on any atom is 0.153 e. The first-order valence-corrected chi connectivity index (χ1v) is 7.43. The summed E-state index contributed by atoms with van der Waals surface area (Å²) in [7, 11) is 1.55. The molecule has 0 saturated heterocycles. The molecule has 0 aliphatic heterocycles. The number of carbonyl (C=O) groups is 1. The van der Waals surface area contributed by atoms with Crippen molar-refractivity contribution in [2.75, 3.05) is 18.2 Å². The summed E-state index contributed by atoms with van der Waals surface area (Å²) in [6, 6.07) is 16.9. The molecule has 5 heteroatoms. The molecular formula is C19H17N3O2. The molecule has 3 aromatic rings. The second-order valence-electron chi connectivity index (χ2n) is 5.19. The van der Waals surface area contributed by atoms with Gasteiger partial charge in [0.25, 0.3) is 0 Å². The van der Waals surface area contributed by atoms with E-state index in [-0.39, 0.29) is 0 Å². The van der Waals surface area contributed by atoms with E-state index in [1.54, 1.807) is 31.5 Å². The van der Waals surface area contributed by atoms with Crippen LogP contribution in [0.1, 0.15) is 10.4 Å². The normalized spacial score (nSPS) is 10.2. The van der Waals surface area contributed by atoms with Gasteiger partial charge in [-0.3, -0.25) is 4.79 Å². The third-order valence-corrected chi connectivity index (χ3v) is 3.69. The number of nitrogens with two attached hydrogens (primary N) is 1. The number of aromatic nitrogens is 1. The molecule has 0 fully saturated rings. The molecule has 0 atom stereocenters. The van der Waals surface area contributed by atoms with Crippen molar-refractivity contribution in [3.63, 3.8) is 0 Å². The van der Waals surface area contributed by atoms with Crippen LogP contribution >= 0.6 is 0 Å². The standard InChI is InChI=1S/C19H17N3O2/c1-24-18-11-13(8-9-14(18)12-23)15-5-2-3-7-17(15)22-19-16(20)6-4-10-21-19/h2-12H,20H2,1H3,(H,21,22). The fraction of sp³-hybridized carbons (Fsp3) is 0.0526. The predicted octanol–water partition coefficient (Wildman–Crippen LogP) is 3.90. The van der Waals surface area contributed by atoms with Crippen molar-refractivity contribution in [2.24, 2.45) is 0 Å². The largest absolute Gasteiger partial charge is 0.496 e. The number of nitrogen functional groups attached to an aromatic ring is 1. The van der Waals surface area contributed by atoms with Gasteiger partial charge in [-0.2, -0.15) is 0 Å². The van der Waals surface area contributed by atoms with Crippen LogP contribution < -0.4 is 15.8 Å². The number of nitrogens with one attached hydrogen (secondary N) is 1. The van der Waals surface area contributed by atoms with Crippen molar-refractivity contribution < 1.29 is 9.53 Å². The van der Waals surface area contributed by atoms with Gasteiger partial charge in [-0.1, -0.05) is 24.3 Å². The number of para-hydroxylation sites is 1. The quantitative estimate of drug-likeness (QED) is 0.698. The highest BCUT2D eigenvalue weighted by molar-refractivity contribution is 5.86. The Balaban J connectivity index is 2.04. The van der Waals surface area contributed by atoms with Crippen LogP contribution in [-0.4, -0.2) is 18.4 Å². The zero-order chi connectivity index (χ0) is 16.9. The number of carbonyl (C=O) groups excluding carboxylic acids is 1. The summed E-state index contributed by atoms with van der Waals surface area (Å²) in [5.74, 6) is 1.14. The first-order chi connectivity index (χ1) is 11.7. The summed E-state index contributed by atoms with van der Waals surface area (Å²) < 4.78 is 5.29. The average molecular weight is 319 g/mol. The maximum absolute atomic E-state index is 11.1. The molecule has 0 radical (unpaired) electrons. The Bertz CT molecular complexity index is 878. The summed E-state index contributed by atoms with van der Waals surface area (Å²) in [6.07, 6.45) is 2.46. The van der Waals surface area contributed by atoms with E-state index in [1.807, 2.05) is 36.4 Å². The van der Waals surface area contributed by atoms with Gasteiger partial charge in [0.05, 0.1) is 18.4 Å². The minimum absolute atomic E-state index is 0.515. The lowest BCUT2D eigenvalue weighted by atomic mass is 10.0. The summed E-state index contributed by atoms with van der Waals surface area (Å²) in [6.45, 7) is 0. The van der Waals surface area contributed by atoms with Gasteiger partial charge in [0, 0.05) is 17.4 Å². The Kier molecular flexibility index (Phi) is 4.43. The third-order valence-electron chi connectivity index (χ3n) is 3.69. The SMILES string of the molecule is COc1cc(-c2ccccc2Nc2ncccc2N)ccc1C=O. The number of anilines is 3. The zero-order valence-corrected chi connectivity index (χ0v) is 13.2. The Morgan fingerprint density at radius 1 is 1.12 bits per heavy atom. The lowest BCUT2D eigenvalue weighted by molar-refractivity contribution is 0.112. The number of hydrogen-bond donors (Lipinski definition) is 2. The van der Waals surface area contributed by atoms with Gasteiger partial charge in [-0.15, -0.1) is 0 Å². The molecule has 3 rings (SSSR count). The molecule has 0 spiro atoms. The van der Waals surface area contributed by atoms with Crippen LogP contribution in [-0.2, 0) is 0 Å². The molecule has 0 saturated carbocycles. The maximum atomic E-state index is 11.1. The fourth-order valence-electron chi connectivity index (χ4n) is 2.47. The first kappa shape index (κ1) is 15.6. The van der Waals surface area contributed by atoms with Gasteiger partial charge in [-0.05, 0) is 35.9 Å². The summed E-state index contributed by atoms with van der Waals surface area (Å²) in [5, 5.41) is 3.26. The Labute approximate surface area is 140 Å². The summed E-state index contributed by atoms with van der Waals surface area (Å²) in [5.41, 5.74) is 9.79. The molecule has 0 aliphatic carbocycles. The predicted molar refractivity (Wildman–Crippen MR) is 95.7 cm³/mol. The van der Waals surface area contributed by atoms with Gasteiger partial charge >= 0.3 is 0 Å². The monoisotopic (exact) mass is 319 g/mol. The van der Waals surface area contributed by atoms with E-state index in [1.165, 1.54) is 0 Å². The zero-order valence-electron chi connectivity index (χ0n) is 13.2. The highest BCUT2D eigenvalue weighted by atomic mass is 16.5. The van der Waals surface area contributed by atoms with Crippen LogP contribution in [0.4, 0.5) is 17.2 Å². The third kappa shape index (κ3) is 3.05. The fourth-order valence-corrected chi connectivity index (χ4v) is 2.47. The molecule has 0 bridgehead atoms. The van der Waals surface area contributed by atoms with Crippen molar-refractivity contribution >= 4 is 23.5 Å². The van der Waals surface area contributed by atoms with Crippen LogP contribution in [0.3, 0.4) is 0 Å². The van der Waals surface area contributed by atoms with Crippen molar-refractivity contribution in [2.45, 2.75) is 0 Å². The number of pyridine rings is 1. The molecule has 120 valence electrons. The number of benzene rings is 2. The van der Waals surface area contributed by atoms with Crippen LogP contribution in [0.5, 0.6) is 5.75 Å². The number of methoxy groups -OCH3 is 1. The Hall–Kier alpha value is -3.34. The highest BCUT2D eigenvalue weighted by Crippen LogP contribution is 2.33. The second kappa shape index (κ2) is 6.83. The van der Waals surface area contributed by atoms with E-state index in [9.17, 15) is 4.79 Å². The van der Waals surface area contributed by atoms with Crippen molar-refractivity contribution in [1.29, 1.82) is 0 Å². The molecule has 5 nitrogen and oxygen atoms in total. The van der Waals surface area contributed by atoms with Gasteiger partial charge in [0.1, 0.15) is 5.75 Å². The van der Waals surface area contributed by atoms with Crippen molar-refractivity contribution in [1.82, 2.24) is 4.98 Å². The minimum Gasteiger partial charge on any atom is -0.496 e. The Morgan fingerprint density at radius 3 is 2.71 bits per heavy atom. The van der Waals surface area contributed by atoms with Gasteiger partial charge in [0.15, 0.2) is 12.1 Å². The van der Waals surface area contributed by atoms with E-state index in [4.69, 9.17) is 10.5 Å². The summed E-state index contributed by atoms with van der Waals surface area (Å²) in [4.78, 5) is 15.3. The number of rotatable bonds is 5. The van der Waals surface area contributed by atoms with Gasteiger partial charge in [0.2, 0.25) is 0 Å². The minimum atomic E-state index is 0.515. The van der Waals surface area contributed by atoms with Crippen molar-refractivity contribution in [3.8, 4) is 16.9 Å². The van der Waals surface area contributed by atoms with Crippen LogP contribution in [0.25, 0.3) is 11.1 Å². The number of aldehydes is 1. The lowest BCUT2D eigenvalue weighted by Gasteiger charge is -2.14. The van der Waals surface area contributed by atoms with Gasteiger partial charge < -0.3 is 15.8 Å². The van der Waals surface area contributed by atoms with E-state index in [0.717, 1.165) is 23.1 Å². The molecule has 0 amide bonds.